The topological polar surface area (TPSA) is 61.5 Å². The summed E-state index contributed by atoms with van der Waals surface area (Å²) in [4.78, 5) is 11.4. The van der Waals surface area contributed by atoms with Crippen molar-refractivity contribution in [2.75, 3.05) is 6.61 Å². The molecule has 0 saturated carbocycles. The lowest BCUT2D eigenvalue weighted by molar-refractivity contribution is -0.150. The molecule has 16 heavy (non-hydrogen) atoms. The second kappa shape index (κ2) is 7.65. The third kappa shape index (κ3) is 7.68. The second-order valence-corrected chi connectivity index (χ2v) is 4.38. The Morgan fingerprint density at radius 3 is 2.38 bits per heavy atom. The molecule has 0 bridgehead atoms. The monoisotopic (exact) mass is 251 g/mol. The lowest BCUT2D eigenvalue weighted by Crippen LogP contribution is -2.45. The molecule has 0 aromatic rings. The molecule has 0 fully saturated rings. The average Bonchev–Trinajstić information content (AvgIpc) is 2.10. The molecule has 0 heterocycles. The first-order chi connectivity index (χ1) is 6.78. The van der Waals surface area contributed by atoms with E-state index in [1.165, 1.54) is 6.08 Å². The number of esters is 1. The third-order valence-corrected chi connectivity index (χ3v) is 1.66. The van der Waals surface area contributed by atoms with Crippen LogP contribution in [0.25, 0.3) is 0 Å². The van der Waals surface area contributed by atoms with Gasteiger partial charge in [0.25, 0.3) is 0 Å². The number of carbonyl (C=O) groups excluding carboxylic acids is 1. The lowest BCUT2D eigenvalue weighted by atomic mass is 10.1. The number of carbonyl (C=O) groups is 1. The third-order valence-electron chi connectivity index (χ3n) is 1.66. The van der Waals surface area contributed by atoms with Crippen LogP contribution >= 0.6 is 12.4 Å². The van der Waals surface area contributed by atoms with Crippen molar-refractivity contribution in [1.29, 1.82) is 0 Å². The summed E-state index contributed by atoms with van der Waals surface area (Å²) >= 11 is 0. The summed E-state index contributed by atoms with van der Waals surface area (Å²) in [7, 11) is 0. The van der Waals surface area contributed by atoms with Crippen LogP contribution < -0.4 is 5.73 Å². The van der Waals surface area contributed by atoms with Crippen LogP contribution in [0.2, 0.25) is 0 Å². The summed E-state index contributed by atoms with van der Waals surface area (Å²) in [5, 5.41) is 0. The second-order valence-electron chi connectivity index (χ2n) is 4.38. The van der Waals surface area contributed by atoms with Crippen molar-refractivity contribution >= 4 is 18.4 Å². The maximum atomic E-state index is 11.4. The molecule has 0 aromatic heterocycles. The van der Waals surface area contributed by atoms with Crippen molar-refractivity contribution in [1.82, 2.24) is 0 Å². The summed E-state index contributed by atoms with van der Waals surface area (Å²) < 4.78 is 10.4. The van der Waals surface area contributed by atoms with Gasteiger partial charge < -0.3 is 15.2 Å². The zero-order valence-electron chi connectivity index (χ0n) is 10.4. The molecular weight excluding hydrogens is 230 g/mol. The SMILES string of the molecule is C=CCOC(=O)[C@@H](N)[C@@H](C)OC(C)(C)C.Cl. The van der Waals surface area contributed by atoms with Gasteiger partial charge in [-0.15, -0.1) is 12.4 Å². The van der Waals surface area contributed by atoms with E-state index in [-0.39, 0.29) is 30.7 Å². The smallest absolute Gasteiger partial charge is 0.325 e. The molecule has 96 valence electrons. The van der Waals surface area contributed by atoms with E-state index in [0.717, 1.165) is 0 Å². The van der Waals surface area contributed by atoms with Crippen LogP contribution in [0.4, 0.5) is 0 Å². The van der Waals surface area contributed by atoms with E-state index in [2.05, 4.69) is 6.58 Å². The van der Waals surface area contributed by atoms with Crippen molar-refractivity contribution in [2.45, 2.75) is 45.4 Å². The number of rotatable bonds is 5. The van der Waals surface area contributed by atoms with Crippen LogP contribution in [-0.2, 0) is 14.3 Å². The van der Waals surface area contributed by atoms with Gasteiger partial charge in [-0.2, -0.15) is 0 Å². The summed E-state index contributed by atoms with van der Waals surface area (Å²) in [5.74, 6) is -0.466. The number of hydrogen-bond acceptors (Lipinski definition) is 4. The number of hydrogen-bond donors (Lipinski definition) is 1. The van der Waals surface area contributed by atoms with E-state index in [0.29, 0.717) is 0 Å². The molecular formula is C11H22ClNO3. The van der Waals surface area contributed by atoms with Gasteiger partial charge in [-0.25, -0.2) is 0 Å². The molecule has 0 aromatic carbocycles. The largest absolute Gasteiger partial charge is 0.460 e. The maximum Gasteiger partial charge on any atom is 0.325 e. The molecule has 4 nitrogen and oxygen atoms in total. The standard InChI is InChI=1S/C11H21NO3.ClH/c1-6-7-14-10(13)9(12)8(2)15-11(3,4)5;/h6,8-9H,1,7,12H2,2-5H3;1H/t8-,9+;/m1./s1. The molecule has 0 spiro atoms. The van der Waals surface area contributed by atoms with Crippen LogP contribution in [-0.4, -0.2) is 30.3 Å². The molecule has 0 unspecified atom stereocenters. The van der Waals surface area contributed by atoms with E-state index in [1.807, 2.05) is 20.8 Å². The molecule has 0 saturated heterocycles. The van der Waals surface area contributed by atoms with E-state index in [1.54, 1.807) is 6.92 Å². The fraction of sp³-hybridized carbons (Fsp3) is 0.727. The van der Waals surface area contributed by atoms with Gasteiger partial charge in [0, 0.05) is 0 Å². The Hall–Kier alpha value is -0.580. The van der Waals surface area contributed by atoms with Gasteiger partial charge in [-0.1, -0.05) is 12.7 Å². The van der Waals surface area contributed by atoms with Gasteiger partial charge in [0.1, 0.15) is 12.6 Å². The Kier molecular flexibility index (Phi) is 8.52. The number of halogens is 1. The van der Waals surface area contributed by atoms with Gasteiger partial charge in [-0.3, -0.25) is 4.79 Å². The minimum atomic E-state index is -0.760. The zero-order valence-corrected chi connectivity index (χ0v) is 11.2. The Labute approximate surface area is 104 Å². The van der Waals surface area contributed by atoms with Crippen molar-refractivity contribution in [2.24, 2.45) is 5.73 Å². The molecule has 0 aliphatic carbocycles. The summed E-state index contributed by atoms with van der Waals surface area (Å²) in [6.07, 6.45) is 1.13. The van der Waals surface area contributed by atoms with Gasteiger partial charge in [0.05, 0.1) is 11.7 Å². The fourth-order valence-corrected chi connectivity index (χ4v) is 1.06. The molecule has 2 atom stereocenters. The highest BCUT2D eigenvalue weighted by atomic mass is 35.5. The Morgan fingerprint density at radius 1 is 1.50 bits per heavy atom. The lowest BCUT2D eigenvalue weighted by Gasteiger charge is -2.27. The van der Waals surface area contributed by atoms with E-state index >= 15 is 0 Å². The summed E-state index contributed by atoms with van der Waals surface area (Å²) in [5.41, 5.74) is 5.35. The molecule has 2 N–H and O–H groups in total. The minimum absolute atomic E-state index is 0. The van der Waals surface area contributed by atoms with Gasteiger partial charge >= 0.3 is 5.97 Å². The van der Waals surface area contributed by atoms with Crippen LogP contribution in [0, 0.1) is 0 Å². The number of nitrogens with two attached hydrogens (primary N) is 1. The Balaban J connectivity index is 0. The van der Waals surface area contributed by atoms with Gasteiger partial charge in [0.15, 0.2) is 0 Å². The molecule has 0 rings (SSSR count). The fourth-order valence-electron chi connectivity index (χ4n) is 1.06. The first-order valence-electron chi connectivity index (χ1n) is 4.99. The molecule has 0 aliphatic rings. The predicted molar refractivity (Wildman–Crippen MR) is 66.7 cm³/mol. The minimum Gasteiger partial charge on any atom is -0.460 e. The quantitative estimate of drug-likeness (QED) is 0.596. The Bertz CT molecular complexity index is 226. The van der Waals surface area contributed by atoms with Crippen LogP contribution in [0.3, 0.4) is 0 Å². The first kappa shape index (κ1) is 17.8. The molecule has 0 amide bonds. The van der Waals surface area contributed by atoms with E-state index in [9.17, 15) is 4.79 Å². The molecule has 0 radical (unpaired) electrons. The molecule has 5 heteroatoms. The van der Waals surface area contributed by atoms with Crippen molar-refractivity contribution in [3.05, 3.63) is 12.7 Å². The highest BCUT2D eigenvalue weighted by molar-refractivity contribution is 5.85. The Morgan fingerprint density at radius 2 is 2.00 bits per heavy atom. The van der Waals surface area contributed by atoms with Crippen LogP contribution in [0.15, 0.2) is 12.7 Å². The van der Waals surface area contributed by atoms with Gasteiger partial charge in [0.2, 0.25) is 0 Å². The molecule has 0 aliphatic heterocycles. The summed E-state index contributed by atoms with van der Waals surface area (Å²) in [6, 6.07) is -0.760. The van der Waals surface area contributed by atoms with Crippen LogP contribution in [0.1, 0.15) is 27.7 Å². The normalized spacial score (nSPS) is 14.6. The average molecular weight is 252 g/mol. The maximum absolute atomic E-state index is 11.4. The van der Waals surface area contributed by atoms with Crippen molar-refractivity contribution in [3.8, 4) is 0 Å². The first-order valence-corrected chi connectivity index (χ1v) is 4.99. The highest BCUT2D eigenvalue weighted by Crippen LogP contribution is 2.12. The predicted octanol–water partition coefficient (Wildman–Crippen LogP) is 1.67. The van der Waals surface area contributed by atoms with E-state index < -0.39 is 12.0 Å². The summed E-state index contributed by atoms with van der Waals surface area (Å²) in [6.45, 7) is 11.1. The van der Waals surface area contributed by atoms with Gasteiger partial charge in [-0.05, 0) is 27.7 Å². The van der Waals surface area contributed by atoms with E-state index in [4.69, 9.17) is 15.2 Å². The zero-order chi connectivity index (χ0) is 12.1. The van der Waals surface area contributed by atoms with Crippen molar-refractivity contribution in [3.63, 3.8) is 0 Å². The van der Waals surface area contributed by atoms with Crippen molar-refractivity contribution < 1.29 is 14.3 Å². The van der Waals surface area contributed by atoms with Crippen LogP contribution in [0.5, 0.6) is 0 Å². The number of ether oxygens (including phenoxy) is 2. The highest BCUT2D eigenvalue weighted by Gasteiger charge is 2.26.